The molecule has 3 aromatic heterocycles. The van der Waals surface area contributed by atoms with Gasteiger partial charge in [-0.2, -0.15) is 0 Å². The van der Waals surface area contributed by atoms with Gasteiger partial charge in [-0.1, -0.05) is 11.8 Å². The summed E-state index contributed by atoms with van der Waals surface area (Å²) in [5, 5.41) is 12.9. The highest BCUT2D eigenvalue weighted by Crippen LogP contribution is 2.16. The van der Waals surface area contributed by atoms with E-state index in [1.54, 1.807) is 63.7 Å². The van der Waals surface area contributed by atoms with E-state index in [1.165, 1.54) is 4.90 Å². The van der Waals surface area contributed by atoms with Crippen molar-refractivity contribution >= 4 is 22.9 Å². The lowest BCUT2D eigenvalue weighted by Gasteiger charge is -2.31. The van der Waals surface area contributed by atoms with Gasteiger partial charge in [-0.3, -0.25) is 14.7 Å². The smallest absolute Gasteiger partial charge is 0.408 e. The summed E-state index contributed by atoms with van der Waals surface area (Å²) in [7, 11) is 0. The maximum atomic E-state index is 12.4. The molecule has 8 nitrogen and oxygen atoms in total. The highest BCUT2D eigenvalue weighted by molar-refractivity contribution is 5.95. The van der Waals surface area contributed by atoms with Crippen LogP contribution < -0.4 is 5.32 Å². The molecule has 2 N–H and O–H groups in total. The molecule has 0 spiro atoms. The minimum Gasteiger partial charge on any atom is -0.467 e. The van der Waals surface area contributed by atoms with Gasteiger partial charge in [0, 0.05) is 23.3 Å². The SMILES string of the molecule is CC(C)(C)N(CC#Cc1cncc2ccc(C(=O)NCc3ccco3)nc12)C(=O)O. The third kappa shape index (κ3) is 4.94. The summed E-state index contributed by atoms with van der Waals surface area (Å²) in [5.74, 6) is 6.12. The second-order valence-electron chi connectivity index (χ2n) is 7.56. The van der Waals surface area contributed by atoms with Crippen LogP contribution in [0.3, 0.4) is 0 Å². The summed E-state index contributed by atoms with van der Waals surface area (Å²) in [6.07, 6.45) is 3.69. The molecule has 154 valence electrons. The van der Waals surface area contributed by atoms with Gasteiger partial charge >= 0.3 is 6.09 Å². The summed E-state index contributed by atoms with van der Waals surface area (Å²) in [6.45, 7) is 5.71. The van der Waals surface area contributed by atoms with Crippen molar-refractivity contribution in [2.75, 3.05) is 6.54 Å². The summed E-state index contributed by atoms with van der Waals surface area (Å²) < 4.78 is 5.21. The highest BCUT2D eigenvalue weighted by Gasteiger charge is 2.24. The number of hydrogen-bond acceptors (Lipinski definition) is 5. The number of nitrogens with one attached hydrogen (secondary N) is 1. The number of amides is 2. The van der Waals surface area contributed by atoms with Gasteiger partial charge in [-0.05, 0) is 45.0 Å². The largest absolute Gasteiger partial charge is 0.467 e. The zero-order valence-electron chi connectivity index (χ0n) is 17.0. The first kappa shape index (κ1) is 20.9. The molecule has 3 rings (SSSR count). The van der Waals surface area contributed by atoms with E-state index >= 15 is 0 Å². The molecule has 0 fully saturated rings. The predicted molar refractivity (Wildman–Crippen MR) is 111 cm³/mol. The Morgan fingerprint density at radius 1 is 1.23 bits per heavy atom. The number of furan rings is 1. The van der Waals surface area contributed by atoms with E-state index < -0.39 is 11.6 Å². The van der Waals surface area contributed by atoms with Crippen molar-refractivity contribution in [2.45, 2.75) is 32.9 Å². The number of aromatic nitrogens is 2. The van der Waals surface area contributed by atoms with E-state index in [0.717, 1.165) is 5.39 Å². The average Bonchev–Trinajstić information content (AvgIpc) is 3.21. The molecule has 0 unspecified atom stereocenters. The number of nitrogens with zero attached hydrogens (tertiary/aromatic N) is 3. The first-order valence-electron chi connectivity index (χ1n) is 9.30. The summed E-state index contributed by atoms with van der Waals surface area (Å²) in [5.41, 5.74) is 0.716. The minimum atomic E-state index is -1.04. The predicted octanol–water partition coefficient (Wildman–Crippen LogP) is 3.28. The molecule has 3 aromatic rings. The first-order chi connectivity index (χ1) is 14.3. The van der Waals surface area contributed by atoms with Gasteiger partial charge in [0.2, 0.25) is 0 Å². The standard InChI is InChI=1S/C22H22N4O4/c1-22(2,3)26(21(28)29)10-4-6-15-12-23-13-16-8-9-18(25-19(15)16)20(27)24-14-17-7-5-11-30-17/h5,7-9,11-13H,10,14H2,1-3H3,(H,24,27)(H,28,29). The number of pyridine rings is 2. The monoisotopic (exact) mass is 406 g/mol. The maximum Gasteiger partial charge on any atom is 0.408 e. The molecule has 3 heterocycles. The van der Waals surface area contributed by atoms with Crippen molar-refractivity contribution < 1.29 is 19.1 Å². The van der Waals surface area contributed by atoms with Crippen molar-refractivity contribution in [3.8, 4) is 11.8 Å². The summed E-state index contributed by atoms with van der Waals surface area (Å²) in [4.78, 5) is 33.7. The van der Waals surface area contributed by atoms with E-state index in [2.05, 4.69) is 27.1 Å². The van der Waals surface area contributed by atoms with Gasteiger partial charge in [-0.25, -0.2) is 9.78 Å². The van der Waals surface area contributed by atoms with Crippen LogP contribution in [0.25, 0.3) is 10.9 Å². The molecule has 0 aliphatic heterocycles. The van der Waals surface area contributed by atoms with E-state index in [9.17, 15) is 14.7 Å². The van der Waals surface area contributed by atoms with Crippen LogP contribution in [0.1, 0.15) is 42.6 Å². The second-order valence-corrected chi connectivity index (χ2v) is 7.56. The molecular weight excluding hydrogens is 384 g/mol. The van der Waals surface area contributed by atoms with E-state index in [4.69, 9.17) is 4.42 Å². The number of rotatable bonds is 4. The van der Waals surface area contributed by atoms with Gasteiger partial charge in [0.25, 0.3) is 5.91 Å². The van der Waals surface area contributed by atoms with Crippen LogP contribution in [-0.2, 0) is 6.54 Å². The molecule has 0 atom stereocenters. The number of carbonyl (C=O) groups is 2. The fourth-order valence-electron chi connectivity index (χ4n) is 2.74. The first-order valence-corrected chi connectivity index (χ1v) is 9.30. The quantitative estimate of drug-likeness (QED) is 0.644. The fraction of sp³-hybridized carbons (Fsp3) is 0.273. The van der Waals surface area contributed by atoms with Gasteiger partial charge in [-0.15, -0.1) is 0 Å². The lowest BCUT2D eigenvalue weighted by atomic mass is 10.1. The van der Waals surface area contributed by atoms with E-state index in [0.29, 0.717) is 16.8 Å². The Kier molecular flexibility index (Phi) is 6.02. The van der Waals surface area contributed by atoms with Crippen LogP contribution in [0, 0.1) is 11.8 Å². The van der Waals surface area contributed by atoms with Crippen molar-refractivity contribution in [1.29, 1.82) is 0 Å². The fourth-order valence-corrected chi connectivity index (χ4v) is 2.74. The Hall–Kier alpha value is -3.86. The van der Waals surface area contributed by atoms with Crippen LogP contribution in [0.4, 0.5) is 4.79 Å². The van der Waals surface area contributed by atoms with E-state index in [-0.39, 0.29) is 24.7 Å². The van der Waals surface area contributed by atoms with Gasteiger partial charge in [0.15, 0.2) is 0 Å². The molecule has 30 heavy (non-hydrogen) atoms. The summed E-state index contributed by atoms with van der Waals surface area (Å²) >= 11 is 0. The van der Waals surface area contributed by atoms with Crippen molar-refractivity contribution in [3.05, 3.63) is 59.9 Å². The van der Waals surface area contributed by atoms with Crippen molar-refractivity contribution in [1.82, 2.24) is 20.2 Å². The average molecular weight is 406 g/mol. The molecule has 0 aliphatic carbocycles. The third-order valence-electron chi connectivity index (χ3n) is 4.34. The number of fused-ring (bicyclic) bond motifs is 1. The van der Waals surface area contributed by atoms with Crippen LogP contribution in [0.15, 0.2) is 47.3 Å². The highest BCUT2D eigenvalue weighted by atomic mass is 16.4. The van der Waals surface area contributed by atoms with Crippen molar-refractivity contribution in [2.24, 2.45) is 0 Å². The van der Waals surface area contributed by atoms with Crippen LogP contribution in [0.5, 0.6) is 0 Å². The molecular formula is C22H22N4O4. The number of carboxylic acid groups (broad SMARTS) is 1. The maximum absolute atomic E-state index is 12.4. The molecule has 2 amide bonds. The second kappa shape index (κ2) is 8.66. The van der Waals surface area contributed by atoms with Gasteiger partial charge in [0.05, 0.1) is 30.4 Å². The Morgan fingerprint density at radius 3 is 2.70 bits per heavy atom. The van der Waals surface area contributed by atoms with Crippen LogP contribution in [-0.4, -0.2) is 44.1 Å². The molecule has 0 saturated carbocycles. The van der Waals surface area contributed by atoms with Gasteiger partial charge < -0.3 is 14.8 Å². The van der Waals surface area contributed by atoms with Crippen molar-refractivity contribution in [3.63, 3.8) is 0 Å². The third-order valence-corrected chi connectivity index (χ3v) is 4.34. The molecule has 0 bridgehead atoms. The Balaban J connectivity index is 1.83. The van der Waals surface area contributed by atoms with E-state index in [1.807, 2.05) is 0 Å². The minimum absolute atomic E-state index is 0.0402. The normalized spacial score (nSPS) is 10.9. The zero-order valence-corrected chi connectivity index (χ0v) is 17.0. The number of carbonyl (C=O) groups excluding carboxylic acids is 1. The molecule has 8 heteroatoms. The van der Waals surface area contributed by atoms with Gasteiger partial charge in [0.1, 0.15) is 11.5 Å². The molecule has 0 saturated heterocycles. The number of hydrogen-bond donors (Lipinski definition) is 2. The lowest BCUT2D eigenvalue weighted by molar-refractivity contribution is 0.0943. The topological polar surface area (TPSA) is 109 Å². The Morgan fingerprint density at radius 2 is 2.03 bits per heavy atom. The zero-order chi connectivity index (χ0) is 21.7. The Bertz CT molecular complexity index is 1120. The lowest BCUT2D eigenvalue weighted by Crippen LogP contribution is -2.45. The molecule has 0 aliphatic rings. The molecule has 0 radical (unpaired) electrons. The van der Waals surface area contributed by atoms with Crippen LogP contribution in [0.2, 0.25) is 0 Å². The Labute approximate surface area is 173 Å². The molecule has 0 aromatic carbocycles. The van der Waals surface area contributed by atoms with Crippen LogP contribution >= 0.6 is 0 Å². The summed E-state index contributed by atoms with van der Waals surface area (Å²) in [6, 6.07) is 6.88.